The Morgan fingerprint density at radius 1 is 1.23 bits per heavy atom. The van der Waals surface area contributed by atoms with Crippen molar-refractivity contribution in [2.75, 3.05) is 37.5 Å². The molecule has 0 radical (unpaired) electrons. The van der Waals surface area contributed by atoms with E-state index in [0.717, 1.165) is 25.9 Å². The number of hydrogen-bond acceptors (Lipinski definition) is 7. The number of carbonyl (C=O) groups is 1. The number of carbonyl (C=O) groups excluding carboxylic acids is 1. The molecule has 1 aromatic heterocycles. The number of fused-ring (bicyclic) bond motifs is 1. The van der Waals surface area contributed by atoms with Crippen LogP contribution in [-0.2, 0) is 4.79 Å². The van der Waals surface area contributed by atoms with Crippen LogP contribution < -0.4 is 25.2 Å². The van der Waals surface area contributed by atoms with Gasteiger partial charge in [0.2, 0.25) is 11.9 Å². The number of nitriles is 1. The molecule has 9 nitrogen and oxygen atoms in total. The van der Waals surface area contributed by atoms with E-state index in [0.29, 0.717) is 28.9 Å². The predicted octanol–water partition coefficient (Wildman–Crippen LogP) is 2.25. The third-order valence-electron chi connectivity index (χ3n) is 5.97. The number of ether oxygens (including phenoxy) is 2. The zero-order valence-corrected chi connectivity index (χ0v) is 17.8. The zero-order chi connectivity index (χ0) is 22.1. The largest absolute Gasteiger partial charge is 0.493 e. The Morgan fingerprint density at radius 3 is 2.68 bits per heavy atom. The van der Waals surface area contributed by atoms with E-state index in [1.807, 2.05) is 11.0 Å². The second kappa shape index (κ2) is 8.30. The van der Waals surface area contributed by atoms with E-state index >= 15 is 0 Å². The number of rotatable bonds is 4. The molecular weight excluding hydrogens is 398 g/mol. The van der Waals surface area contributed by atoms with E-state index in [-0.39, 0.29) is 16.9 Å². The Labute approximate surface area is 180 Å². The van der Waals surface area contributed by atoms with Gasteiger partial charge >= 0.3 is 0 Å². The van der Waals surface area contributed by atoms with Gasteiger partial charge in [-0.15, -0.1) is 0 Å². The van der Waals surface area contributed by atoms with Gasteiger partial charge in [0.1, 0.15) is 11.7 Å². The molecule has 162 valence electrons. The summed E-state index contributed by atoms with van der Waals surface area (Å²) in [6.45, 7) is 3.74. The van der Waals surface area contributed by atoms with Crippen molar-refractivity contribution < 1.29 is 14.3 Å². The van der Waals surface area contributed by atoms with E-state index in [1.54, 1.807) is 18.2 Å². The lowest BCUT2D eigenvalue weighted by molar-refractivity contribution is -0.119. The topological polar surface area (TPSA) is 120 Å². The van der Waals surface area contributed by atoms with Crippen LogP contribution in [0, 0.1) is 23.2 Å². The van der Waals surface area contributed by atoms with E-state index in [4.69, 9.17) is 9.47 Å². The number of H-pyrrole nitrogens is 1. The second-order valence-corrected chi connectivity index (χ2v) is 8.03. The van der Waals surface area contributed by atoms with Crippen LogP contribution in [-0.4, -0.2) is 43.2 Å². The average molecular weight is 423 g/mol. The van der Waals surface area contributed by atoms with E-state index in [9.17, 15) is 14.9 Å². The fourth-order valence-electron chi connectivity index (χ4n) is 4.44. The van der Waals surface area contributed by atoms with Crippen molar-refractivity contribution in [1.29, 1.82) is 5.26 Å². The van der Waals surface area contributed by atoms with Crippen LogP contribution >= 0.6 is 0 Å². The Balaban J connectivity index is 1.83. The Bertz CT molecular complexity index is 1110. The fourth-order valence-corrected chi connectivity index (χ4v) is 4.44. The van der Waals surface area contributed by atoms with Gasteiger partial charge in [0, 0.05) is 19.0 Å². The summed E-state index contributed by atoms with van der Waals surface area (Å²) in [4.78, 5) is 35.4. The molecule has 0 aliphatic carbocycles. The van der Waals surface area contributed by atoms with Gasteiger partial charge in [0.15, 0.2) is 11.5 Å². The summed E-state index contributed by atoms with van der Waals surface area (Å²) in [7, 11) is 3.03. The lowest BCUT2D eigenvalue weighted by Crippen LogP contribution is -2.41. The molecule has 1 amide bonds. The number of anilines is 2. The monoisotopic (exact) mass is 423 g/mol. The van der Waals surface area contributed by atoms with Crippen molar-refractivity contribution in [2.45, 2.75) is 25.7 Å². The summed E-state index contributed by atoms with van der Waals surface area (Å²) in [6, 6.07) is 7.16. The van der Waals surface area contributed by atoms with Gasteiger partial charge in [-0.05, 0) is 36.5 Å². The molecule has 31 heavy (non-hydrogen) atoms. The third-order valence-corrected chi connectivity index (χ3v) is 5.97. The van der Waals surface area contributed by atoms with Gasteiger partial charge in [-0.25, -0.2) is 0 Å². The highest BCUT2D eigenvalue weighted by Gasteiger charge is 2.41. The van der Waals surface area contributed by atoms with Crippen LogP contribution in [0.5, 0.6) is 11.5 Å². The molecule has 1 fully saturated rings. The van der Waals surface area contributed by atoms with Crippen molar-refractivity contribution in [3.8, 4) is 17.6 Å². The number of aromatic amines is 1. The summed E-state index contributed by atoms with van der Waals surface area (Å²) in [5, 5.41) is 12.4. The first-order valence-corrected chi connectivity index (χ1v) is 10.3. The maximum Gasteiger partial charge on any atom is 0.258 e. The highest BCUT2D eigenvalue weighted by molar-refractivity contribution is 5.98. The standard InChI is InChI=1S/C22H25N5O4/c1-12-5-4-8-27(11-12)22-25-19-18(21(29)26-22)17(14(10-23)20(28)24-19)13-6-7-15(30-2)16(9-13)31-3/h6-7,9,12,14,17H,4-5,8,11H2,1-3H3,(H2,24,25,26,28,29). The van der Waals surface area contributed by atoms with Crippen LogP contribution in [0.2, 0.25) is 0 Å². The first-order valence-electron chi connectivity index (χ1n) is 10.3. The minimum absolute atomic E-state index is 0.202. The zero-order valence-electron chi connectivity index (χ0n) is 17.8. The van der Waals surface area contributed by atoms with Gasteiger partial charge in [0.25, 0.3) is 5.56 Å². The highest BCUT2D eigenvalue weighted by atomic mass is 16.5. The maximum absolute atomic E-state index is 13.2. The molecule has 2 aromatic rings. The molecule has 3 unspecified atom stereocenters. The summed E-state index contributed by atoms with van der Waals surface area (Å²) in [5.74, 6) is -0.230. The van der Waals surface area contributed by atoms with Crippen molar-refractivity contribution in [3.63, 3.8) is 0 Å². The molecule has 3 heterocycles. The Morgan fingerprint density at radius 2 is 2.00 bits per heavy atom. The molecule has 0 bridgehead atoms. The number of nitrogens with zero attached hydrogens (tertiary/aromatic N) is 3. The SMILES string of the molecule is COc1ccc(C2c3c(nc(N4CCCC(C)C4)[nH]c3=O)NC(=O)C2C#N)cc1OC. The van der Waals surface area contributed by atoms with E-state index in [2.05, 4.69) is 22.2 Å². The second-order valence-electron chi connectivity index (χ2n) is 8.03. The summed E-state index contributed by atoms with van der Waals surface area (Å²) >= 11 is 0. The number of amides is 1. The minimum atomic E-state index is -1.07. The van der Waals surface area contributed by atoms with Crippen LogP contribution in [0.15, 0.2) is 23.0 Å². The quantitative estimate of drug-likeness (QED) is 0.774. The molecule has 0 spiro atoms. The fraction of sp³-hybridized carbons (Fsp3) is 0.455. The van der Waals surface area contributed by atoms with Gasteiger partial charge in [-0.2, -0.15) is 10.2 Å². The lowest BCUT2D eigenvalue weighted by Gasteiger charge is -2.33. The molecule has 3 atom stereocenters. The van der Waals surface area contributed by atoms with Crippen LogP contribution in [0.25, 0.3) is 0 Å². The summed E-state index contributed by atoms with van der Waals surface area (Å²) in [6.07, 6.45) is 2.15. The first kappa shape index (κ1) is 20.7. The molecule has 2 aliphatic rings. The Kier molecular flexibility index (Phi) is 5.55. The molecule has 2 aliphatic heterocycles. The number of methoxy groups -OCH3 is 2. The summed E-state index contributed by atoms with van der Waals surface area (Å²) in [5.41, 5.74) is 0.511. The molecular formula is C22H25N5O4. The predicted molar refractivity (Wildman–Crippen MR) is 115 cm³/mol. The van der Waals surface area contributed by atoms with Crippen molar-refractivity contribution in [2.24, 2.45) is 11.8 Å². The number of hydrogen-bond donors (Lipinski definition) is 2. The number of nitrogens with one attached hydrogen (secondary N) is 2. The van der Waals surface area contributed by atoms with Crippen LogP contribution in [0.4, 0.5) is 11.8 Å². The van der Waals surface area contributed by atoms with Gasteiger partial charge in [-0.3, -0.25) is 14.6 Å². The normalized spacial score (nSPS) is 22.8. The smallest absolute Gasteiger partial charge is 0.258 e. The van der Waals surface area contributed by atoms with E-state index < -0.39 is 17.7 Å². The van der Waals surface area contributed by atoms with Crippen molar-refractivity contribution >= 4 is 17.7 Å². The molecule has 4 rings (SSSR count). The first-order chi connectivity index (χ1) is 15.0. The third kappa shape index (κ3) is 3.69. The van der Waals surface area contributed by atoms with E-state index in [1.165, 1.54) is 14.2 Å². The van der Waals surface area contributed by atoms with Gasteiger partial charge < -0.3 is 19.7 Å². The number of piperidine rings is 1. The van der Waals surface area contributed by atoms with Gasteiger partial charge in [0.05, 0.1) is 25.9 Å². The van der Waals surface area contributed by atoms with Crippen LogP contribution in [0.1, 0.15) is 36.8 Å². The molecule has 0 saturated carbocycles. The molecule has 1 saturated heterocycles. The Hall–Kier alpha value is -3.54. The van der Waals surface area contributed by atoms with Crippen molar-refractivity contribution in [1.82, 2.24) is 9.97 Å². The highest BCUT2D eigenvalue weighted by Crippen LogP contribution is 2.41. The average Bonchev–Trinajstić information content (AvgIpc) is 2.77. The van der Waals surface area contributed by atoms with Crippen molar-refractivity contribution in [3.05, 3.63) is 39.7 Å². The number of benzene rings is 1. The number of aromatic nitrogens is 2. The minimum Gasteiger partial charge on any atom is -0.493 e. The lowest BCUT2D eigenvalue weighted by atomic mass is 9.79. The molecule has 9 heteroatoms. The molecule has 2 N–H and O–H groups in total. The van der Waals surface area contributed by atoms with Gasteiger partial charge in [-0.1, -0.05) is 13.0 Å². The summed E-state index contributed by atoms with van der Waals surface area (Å²) < 4.78 is 10.7. The maximum atomic E-state index is 13.2. The van der Waals surface area contributed by atoms with Crippen LogP contribution in [0.3, 0.4) is 0 Å². The molecule has 1 aromatic carbocycles.